The Balaban J connectivity index is 4.57. The number of carbonyl (C=O) groups excluding carboxylic acids is 3. The number of carbonyl (C=O) groups is 3. The van der Waals surface area contributed by atoms with E-state index in [4.69, 9.17) is 14.2 Å². The summed E-state index contributed by atoms with van der Waals surface area (Å²) >= 11 is 0. The van der Waals surface area contributed by atoms with Gasteiger partial charge in [0.05, 0.1) is 0 Å². The first-order valence-corrected chi connectivity index (χ1v) is 25.6. The first kappa shape index (κ1) is 59.8. The highest BCUT2D eigenvalue weighted by atomic mass is 16.6. The quantitative estimate of drug-likeness (QED) is 0.0199. The van der Waals surface area contributed by atoms with Crippen molar-refractivity contribution in [2.45, 2.75) is 213 Å². The normalized spacial score (nSPS) is 13.1. The van der Waals surface area contributed by atoms with Gasteiger partial charge >= 0.3 is 17.9 Å². The smallest absolute Gasteiger partial charge is 0.306 e. The summed E-state index contributed by atoms with van der Waals surface area (Å²) in [5, 5.41) is 0. The van der Waals surface area contributed by atoms with Crippen LogP contribution in [0.3, 0.4) is 0 Å². The topological polar surface area (TPSA) is 78.9 Å². The summed E-state index contributed by atoms with van der Waals surface area (Å²) in [6.45, 7) is 6.34. The summed E-state index contributed by atoms with van der Waals surface area (Å²) in [5.74, 6) is -1.07. The largest absolute Gasteiger partial charge is 0.462 e. The molecule has 0 bridgehead atoms. The molecule has 0 rings (SSSR count). The first-order chi connectivity index (χ1) is 31.5. The zero-order valence-electron chi connectivity index (χ0n) is 41.0. The van der Waals surface area contributed by atoms with Crippen molar-refractivity contribution in [2.75, 3.05) is 13.2 Å². The molecule has 0 aliphatic heterocycles. The molecule has 1 unspecified atom stereocenters. The molecule has 6 nitrogen and oxygen atoms in total. The van der Waals surface area contributed by atoms with Crippen LogP contribution in [0.4, 0.5) is 0 Å². The SMILES string of the molecule is CC/C=C\C/C=C\C/C=C\CCCC(=O)OCC(COC(=O)CCCCCCC\C=C/C=C\C=C/C=C\CCCCC)OC(=O)CCC/C=C\C/C=C\C/C=C\CCCCCCCC. The summed E-state index contributed by atoms with van der Waals surface area (Å²) in [6, 6.07) is 0. The highest BCUT2D eigenvalue weighted by molar-refractivity contribution is 5.71. The molecule has 0 saturated heterocycles. The molecule has 0 aliphatic rings. The third-order valence-corrected chi connectivity index (χ3v) is 10.3. The Kier molecular flexibility index (Phi) is 48.1. The van der Waals surface area contributed by atoms with E-state index in [-0.39, 0.29) is 44.0 Å². The zero-order chi connectivity index (χ0) is 46.5. The summed E-state index contributed by atoms with van der Waals surface area (Å²) in [5.41, 5.74) is 0. The van der Waals surface area contributed by atoms with Gasteiger partial charge in [-0.2, -0.15) is 0 Å². The number of allylic oxidation sites excluding steroid dienone is 20. The Hall–Kier alpha value is -4.19. The number of unbranched alkanes of at least 4 members (excludes halogenated alkanes) is 16. The van der Waals surface area contributed by atoms with Crippen molar-refractivity contribution in [3.05, 3.63) is 122 Å². The lowest BCUT2D eigenvalue weighted by Gasteiger charge is -2.18. The molecule has 360 valence electrons. The molecule has 0 saturated carbocycles. The van der Waals surface area contributed by atoms with E-state index in [0.29, 0.717) is 19.3 Å². The van der Waals surface area contributed by atoms with Gasteiger partial charge in [-0.25, -0.2) is 0 Å². The average molecular weight is 885 g/mol. The molecule has 64 heavy (non-hydrogen) atoms. The Morgan fingerprint density at radius 2 is 0.688 bits per heavy atom. The highest BCUT2D eigenvalue weighted by Crippen LogP contribution is 2.11. The predicted octanol–water partition coefficient (Wildman–Crippen LogP) is 16.9. The summed E-state index contributed by atoms with van der Waals surface area (Å²) in [7, 11) is 0. The Bertz CT molecular complexity index is 1390. The van der Waals surface area contributed by atoms with Crippen molar-refractivity contribution in [1.82, 2.24) is 0 Å². The third kappa shape index (κ3) is 48.8. The fourth-order valence-corrected chi connectivity index (χ4v) is 6.43. The van der Waals surface area contributed by atoms with Gasteiger partial charge in [0.25, 0.3) is 0 Å². The lowest BCUT2D eigenvalue weighted by molar-refractivity contribution is -0.167. The monoisotopic (exact) mass is 885 g/mol. The van der Waals surface area contributed by atoms with E-state index in [1.54, 1.807) is 0 Å². The standard InChI is InChI=1S/C58H92O6/c1-4-7-10-13-16-19-22-24-26-28-30-31-33-36-39-42-45-48-51-57(60)63-54-55(53-62-56(59)50-47-44-41-38-35-21-18-15-12-9-6-3)64-58(61)52-49-46-43-40-37-34-32-29-27-25-23-20-17-14-11-8-5-2/h9,12,16,18-19,21-22,24-28,30-32,34,38,40-41,43,55H,4-8,10-11,13-15,17,20,23,29,33,35-37,39,42,44-54H2,1-3H3/b12-9-,19-16-,21-18-,24-22-,27-25-,28-26-,31-30-,34-32-,41-38-,43-40-. The van der Waals surface area contributed by atoms with Crippen LogP contribution in [0.1, 0.15) is 207 Å². The van der Waals surface area contributed by atoms with Crippen molar-refractivity contribution in [3.8, 4) is 0 Å². The van der Waals surface area contributed by atoms with Crippen LogP contribution in [0.25, 0.3) is 0 Å². The van der Waals surface area contributed by atoms with Gasteiger partial charge < -0.3 is 14.2 Å². The van der Waals surface area contributed by atoms with Crippen LogP contribution in [0.2, 0.25) is 0 Å². The van der Waals surface area contributed by atoms with E-state index in [1.807, 2.05) is 0 Å². The second-order valence-corrected chi connectivity index (χ2v) is 16.4. The molecule has 0 aromatic rings. The van der Waals surface area contributed by atoms with Gasteiger partial charge in [0.1, 0.15) is 13.2 Å². The van der Waals surface area contributed by atoms with Crippen LogP contribution in [-0.2, 0) is 28.6 Å². The summed E-state index contributed by atoms with van der Waals surface area (Å²) in [6.07, 6.45) is 70.5. The van der Waals surface area contributed by atoms with E-state index in [9.17, 15) is 14.4 Å². The van der Waals surface area contributed by atoms with Crippen molar-refractivity contribution >= 4 is 17.9 Å². The third-order valence-electron chi connectivity index (χ3n) is 10.3. The molecule has 0 spiro atoms. The van der Waals surface area contributed by atoms with Crippen molar-refractivity contribution < 1.29 is 28.6 Å². The molecule has 0 N–H and O–H groups in total. The van der Waals surface area contributed by atoms with Crippen LogP contribution in [-0.4, -0.2) is 37.2 Å². The second-order valence-electron chi connectivity index (χ2n) is 16.4. The van der Waals surface area contributed by atoms with E-state index in [0.717, 1.165) is 89.9 Å². The molecule has 0 amide bonds. The molecular formula is C58H92O6. The molecule has 0 heterocycles. The predicted molar refractivity (Wildman–Crippen MR) is 274 cm³/mol. The maximum absolute atomic E-state index is 12.8. The molecule has 1 atom stereocenters. The van der Waals surface area contributed by atoms with E-state index in [2.05, 4.69) is 142 Å². The Labute approximate surface area is 392 Å². The molecular weight excluding hydrogens is 793 g/mol. The summed E-state index contributed by atoms with van der Waals surface area (Å²) in [4.78, 5) is 37.9. The van der Waals surface area contributed by atoms with Gasteiger partial charge in [0.2, 0.25) is 0 Å². The minimum atomic E-state index is -0.837. The minimum absolute atomic E-state index is 0.130. The van der Waals surface area contributed by atoms with Gasteiger partial charge in [-0.15, -0.1) is 0 Å². The average Bonchev–Trinajstić information content (AvgIpc) is 3.29. The van der Waals surface area contributed by atoms with Crippen LogP contribution < -0.4 is 0 Å². The molecule has 6 heteroatoms. The van der Waals surface area contributed by atoms with Crippen molar-refractivity contribution in [2.24, 2.45) is 0 Å². The number of hydrogen-bond donors (Lipinski definition) is 0. The number of ether oxygens (including phenoxy) is 3. The summed E-state index contributed by atoms with van der Waals surface area (Å²) < 4.78 is 16.7. The number of rotatable bonds is 44. The Morgan fingerprint density at radius 3 is 1.19 bits per heavy atom. The fourth-order valence-electron chi connectivity index (χ4n) is 6.43. The van der Waals surface area contributed by atoms with Crippen molar-refractivity contribution in [3.63, 3.8) is 0 Å². The van der Waals surface area contributed by atoms with Gasteiger partial charge in [-0.1, -0.05) is 206 Å². The molecule has 0 radical (unpaired) electrons. The lowest BCUT2D eigenvalue weighted by atomic mass is 10.1. The molecule has 0 aliphatic carbocycles. The maximum Gasteiger partial charge on any atom is 0.306 e. The molecule has 0 fully saturated rings. The van der Waals surface area contributed by atoms with Gasteiger partial charge in [0, 0.05) is 19.3 Å². The number of esters is 3. The van der Waals surface area contributed by atoms with Crippen LogP contribution in [0, 0.1) is 0 Å². The zero-order valence-corrected chi connectivity index (χ0v) is 41.0. The van der Waals surface area contributed by atoms with Gasteiger partial charge in [-0.05, 0) is 103 Å². The van der Waals surface area contributed by atoms with Crippen LogP contribution in [0.15, 0.2) is 122 Å². The van der Waals surface area contributed by atoms with Gasteiger partial charge in [-0.3, -0.25) is 14.4 Å². The van der Waals surface area contributed by atoms with E-state index >= 15 is 0 Å². The highest BCUT2D eigenvalue weighted by Gasteiger charge is 2.19. The maximum atomic E-state index is 12.8. The molecule has 0 aromatic carbocycles. The van der Waals surface area contributed by atoms with Gasteiger partial charge in [0.15, 0.2) is 6.10 Å². The van der Waals surface area contributed by atoms with Crippen LogP contribution >= 0.6 is 0 Å². The van der Waals surface area contributed by atoms with Crippen molar-refractivity contribution in [1.29, 1.82) is 0 Å². The van der Waals surface area contributed by atoms with E-state index < -0.39 is 6.10 Å². The van der Waals surface area contributed by atoms with Crippen LogP contribution in [0.5, 0.6) is 0 Å². The second kappa shape index (κ2) is 51.4. The lowest BCUT2D eigenvalue weighted by Crippen LogP contribution is -2.30. The van der Waals surface area contributed by atoms with E-state index in [1.165, 1.54) is 64.2 Å². The fraction of sp³-hybridized carbons (Fsp3) is 0.603. The molecule has 0 aromatic heterocycles. The first-order valence-electron chi connectivity index (χ1n) is 25.6. The minimum Gasteiger partial charge on any atom is -0.462 e. The Morgan fingerprint density at radius 1 is 0.344 bits per heavy atom. The number of hydrogen-bond acceptors (Lipinski definition) is 6.